The summed E-state index contributed by atoms with van der Waals surface area (Å²) in [6, 6.07) is 5.79. The molecule has 0 saturated carbocycles. The van der Waals surface area contributed by atoms with Crippen molar-refractivity contribution in [1.82, 2.24) is 19.8 Å². The molecule has 128 valence electrons. The van der Waals surface area contributed by atoms with Crippen LogP contribution >= 0.6 is 11.3 Å². The van der Waals surface area contributed by atoms with Gasteiger partial charge in [-0.25, -0.2) is 4.98 Å². The largest absolute Gasteiger partial charge is 0.342 e. The van der Waals surface area contributed by atoms with Crippen molar-refractivity contribution in [3.63, 3.8) is 0 Å². The van der Waals surface area contributed by atoms with Gasteiger partial charge in [-0.15, -0.1) is 11.3 Å². The van der Waals surface area contributed by atoms with E-state index in [1.165, 1.54) is 0 Å². The summed E-state index contributed by atoms with van der Waals surface area (Å²) < 4.78 is 0. The zero-order chi connectivity index (χ0) is 16.9. The number of amides is 1. The molecule has 2 aromatic rings. The Bertz CT molecular complexity index is 663. The summed E-state index contributed by atoms with van der Waals surface area (Å²) in [5, 5.41) is 2.85. The van der Waals surface area contributed by atoms with Crippen molar-refractivity contribution < 1.29 is 4.79 Å². The third-order valence-electron chi connectivity index (χ3n) is 4.36. The number of likely N-dealkylation sites (tertiary alicyclic amines) is 1. The van der Waals surface area contributed by atoms with Gasteiger partial charge in [0.25, 0.3) is 0 Å². The summed E-state index contributed by atoms with van der Waals surface area (Å²) >= 11 is 1.55. The first-order valence-corrected chi connectivity index (χ1v) is 9.28. The van der Waals surface area contributed by atoms with Crippen molar-refractivity contribution in [2.75, 3.05) is 33.7 Å². The second-order valence-corrected chi connectivity index (χ2v) is 7.48. The Morgan fingerprint density at radius 2 is 2.12 bits per heavy atom. The zero-order valence-electron chi connectivity index (χ0n) is 14.3. The standard InChI is InChI=1S/C18H24N4OS/c1-21(2)12-14-6-9-22(10-7-14)17(23)11-15-13-24-18(20-15)16-5-3-4-8-19-16/h3-5,8,13-14H,6-7,9-12H2,1-2H3. The molecule has 1 saturated heterocycles. The molecule has 3 rings (SSSR count). The molecule has 0 aliphatic carbocycles. The highest BCUT2D eigenvalue weighted by molar-refractivity contribution is 7.13. The number of rotatable bonds is 5. The quantitative estimate of drug-likeness (QED) is 0.836. The van der Waals surface area contributed by atoms with Gasteiger partial charge >= 0.3 is 0 Å². The Hall–Kier alpha value is -1.79. The first-order chi connectivity index (χ1) is 11.6. The Kier molecular flexibility index (Phi) is 5.58. The van der Waals surface area contributed by atoms with Gasteiger partial charge in [0.15, 0.2) is 0 Å². The molecule has 5 nitrogen and oxygen atoms in total. The molecule has 24 heavy (non-hydrogen) atoms. The van der Waals surface area contributed by atoms with Crippen molar-refractivity contribution in [3.8, 4) is 10.7 Å². The van der Waals surface area contributed by atoms with Crippen LogP contribution in [0.3, 0.4) is 0 Å². The molecule has 6 heteroatoms. The molecule has 2 aromatic heterocycles. The van der Waals surface area contributed by atoms with E-state index in [1.807, 2.05) is 28.5 Å². The SMILES string of the molecule is CN(C)CC1CCN(C(=O)Cc2csc(-c3ccccn3)n2)CC1. The van der Waals surface area contributed by atoms with Gasteiger partial charge in [-0.3, -0.25) is 9.78 Å². The van der Waals surface area contributed by atoms with Crippen molar-refractivity contribution in [2.24, 2.45) is 5.92 Å². The van der Waals surface area contributed by atoms with Gasteiger partial charge in [-0.2, -0.15) is 0 Å². The predicted molar refractivity (Wildman–Crippen MR) is 96.9 cm³/mol. The molecular formula is C18H24N4OS. The van der Waals surface area contributed by atoms with Crippen LogP contribution in [0.25, 0.3) is 10.7 Å². The van der Waals surface area contributed by atoms with Crippen molar-refractivity contribution in [2.45, 2.75) is 19.3 Å². The minimum absolute atomic E-state index is 0.191. The number of pyridine rings is 1. The molecule has 3 heterocycles. The number of nitrogens with zero attached hydrogens (tertiary/aromatic N) is 4. The summed E-state index contributed by atoms with van der Waals surface area (Å²) in [7, 11) is 4.22. The van der Waals surface area contributed by atoms with E-state index < -0.39 is 0 Å². The van der Waals surface area contributed by atoms with Crippen molar-refractivity contribution in [3.05, 3.63) is 35.5 Å². The van der Waals surface area contributed by atoms with Gasteiger partial charge in [0.2, 0.25) is 5.91 Å². The number of thiazole rings is 1. The van der Waals surface area contributed by atoms with Crippen LogP contribution in [0.15, 0.2) is 29.8 Å². The summed E-state index contributed by atoms with van der Waals surface area (Å²) in [5.74, 6) is 0.898. The lowest BCUT2D eigenvalue weighted by Gasteiger charge is -2.33. The van der Waals surface area contributed by atoms with Gasteiger partial charge in [-0.1, -0.05) is 6.07 Å². The fourth-order valence-electron chi connectivity index (χ4n) is 3.14. The van der Waals surface area contributed by atoms with Crippen LogP contribution in [0, 0.1) is 5.92 Å². The maximum Gasteiger partial charge on any atom is 0.228 e. The Morgan fingerprint density at radius 1 is 1.33 bits per heavy atom. The molecule has 1 fully saturated rings. The number of hydrogen-bond acceptors (Lipinski definition) is 5. The minimum Gasteiger partial charge on any atom is -0.342 e. The summed E-state index contributed by atoms with van der Waals surface area (Å²) in [6.45, 7) is 2.85. The van der Waals surface area contributed by atoms with E-state index in [-0.39, 0.29) is 5.91 Å². The molecule has 0 unspecified atom stereocenters. The normalized spacial score (nSPS) is 15.9. The molecule has 1 aliphatic rings. The van der Waals surface area contributed by atoms with Crippen molar-refractivity contribution >= 4 is 17.2 Å². The van der Waals surface area contributed by atoms with Crippen molar-refractivity contribution in [1.29, 1.82) is 0 Å². The Morgan fingerprint density at radius 3 is 2.79 bits per heavy atom. The lowest BCUT2D eigenvalue weighted by atomic mass is 9.96. The van der Waals surface area contributed by atoms with Crippen LogP contribution in [-0.4, -0.2) is 59.4 Å². The van der Waals surface area contributed by atoms with E-state index in [1.54, 1.807) is 17.5 Å². The second kappa shape index (κ2) is 7.85. The predicted octanol–water partition coefficient (Wildman–Crippen LogP) is 2.55. The first-order valence-electron chi connectivity index (χ1n) is 8.40. The monoisotopic (exact) mass is 344 g/mol. The highest BCUT2D eigenvalue weighted by Gasteiger charge is 2.23. The molecule has 0 aromatic carbocycles. The summed E-state index contributed by atoms with van der Waals surface area (Å²) in [5.41, 5.74) is 1.71. The van der Waals surface area contributed by atoms with E-state index in [0.29, 0.717) is 12.3 Å². The third-order valence-corrected chi connectivity index (χ3v) is 5.27. The molecule has 1 amide bonds. The highest BCUT2D eigenvalue weighted by atomic mass is 32.1. The number of carbonyl (C=O) groups is 1. The van der Waals surface area contributed by atoms with Gasteiger partial charge < -0.3 is 9.80 Å². The first kappa shape index (κ1) is 17.0. The van der Waals surface area contributed by atoms with E-state index in [9.17, 15) is 4.79 Å². The number of piperidine rings is 1. The average Bonchev–Trinajstić information content (AvgIpc) is 3.04. The summed E-state index contributed by atoms with van der Waals surface area (Å²) in [6.07, 6.45) is 4.35. The molecule has 0 atom stereocenters. The topological polar surface area (TPSA) is 49.3 Å². The number of hydrogen-bond donors (Lipinski definition) is 0. The lowest BCUT2D eigenvalue weighted by Crippen LogP contribution is -2.41. The van der Waals surface area contributed by atoms with Crippen LogP contribution in [0.2, 0.25) is 0 Å². The fraction of sp³-hybridized carbons (Fsp3) is 0.500. The van der Waals surface area contributed by atoms with Crippen LogP contribution in [0.4, 0.5) is 0 Å². The molecule has 0 N–H and O–H groups in total. The van der Waals surface area contributed by atoms with Gasteiger partial charge in [0, 0.05) is 31.2 Å². The van der Waals surface area contributed by atoms with Gasteiger partial charge in [0.05, 0.1) is 17.8 Å². The van der Waals surface area contributed by atoms with Crippen LogP contribution in [-0.2, 0) is 11.2 Å². The molecule has 0 radical (unpaired) electrons. The summed E-state index contributed by atoms with van der Waals surface area (Å²) in [4.78, 5) is 25.6. The van der Waals surface area contributed by atoms with E-state index in [2.05, 4.69) is 29.0 Å². The fourth-order valence-corrected chi connectivity index (χ4v) is 3.94. The molecule has 0 spiro atoms. The molecular weight excluding hydrogens is 320 g/mol. The Balaban J connectivity index is 1.54. The Labute approximate surface area is 147 Å². The van der Waals surface area contributed by atoms with E-state index in [4.69, 9.17) is 0 Å². The maximum atomic E-state index is 12.5. The third kappa shape index (κ3) is 4.39. The van der Waals surface area contributed by atoms with E-state index in [0.717, 1.165) is 48.9 Å². The molecule has 1 aliphatic heterocycles. The average molecular weight is 344 g/mol. The minimum atomic E-state index is 0.191. The zero-order valence-corrected chi connectivity index (χ0v) is 15.1. The van der Waals surface area contributed by atoms with Gasteiger partial charge in [-0.05, 0) is 45.0 Å². The van der Waals surface area contributed by atoms with Crippen LogP contribution in [0.5, 0.6) is 0 Å². The number of carbonyl (C=O) groups excluding carboxylic acids is 1. The highest BCUT2D eigenvalue weighted by Crippen LogP contribution is 2.23. The smallest absolute Gasteiger partial charge is 0.228 e. The van der Waals surface area contributed by atoms with Crippen LogP contribution < -0.4 is 0 Å². The van der Waals surface area contributed by atoms with Crippen LogP contribution in [0.1, 0.15) is 18.5 Å². The number of aromatic nitrogens is 2. The molecule has 0 bridgehead atoms. The lowest BCUT2D eigenvalue weighted by molar-refractivity contribution is -0.131. The maximum absolute atomic E-state index is 12.5. The van der Waals surface area contributed by atoms with Gasteiger partial charge in [0.1, 0.15) is 5.01 Å². The second-order valence-electron chi connectivity index (χ2n) is 6.62. The van der Waals surface area contributed by atoms with E-state index >= 15 is 0 Å².